The Morgan fingerprint density at radius 1 is 0.974 bits per heavy atom. The van der Waals surface area contributed by atoms with E-state index in [9.17, 15) is 22.8 Å². The third-order valence-electron chi connectivity index (χ3n) is 5.71. The molecule has 0 aliphatic heterocycles. The summed E-state index contributed by atoms with van der Waals surface area (Å²) < 4.78 is 44.5. The molecule has 39 heavy (non-hydrogen) atoms. The zero-order chi connectivity index (χ0) is 27.8. The summed E-state index contributed by atoms with van der Waals surface area (Å²) in [5.74, 6) is -0.485. The second-order valence-electron chi connectivity index (χ2n) is 8.49. The minimum absolute atomic E-state index is 0.112. The van der Waals surface area contributed by atoms with Crippen LogP contribution >= 0.6 is 11.3 Å². The quantitative estimate of drug-likeness (QED) is 0.238. The SMILES string of the molecule is COc1ccccc1Nc1nc(C(=O)N[C@H](Cc2ccccc2)C(=O)NCc2cccc(C(F)(F)F)c2)cs1. The molecule has 2 amide bonds. The van der Waals surface area contributed by atoms with Crippen molar-refractivity contribution in [2.24, 2.45) is 0 Å². The van der Waals surface area contributed by atoms with Crippen molar-refractivity contribution >= 4 is 34.0 Å². The van der Waals surface area contributed by atoms with Crippen LogP contribution in [0.15, 0.2) is 84.2 Å². The monoisotopic (exact) mass is 554 g/mol. The first-order chi connectivity index (χ1) is 18.7. The number of alkyl halides is 3. The molecule has 0 aliphatic rings. The Hall–Kier alpha value is -4.38. The van der Waals surface area contributed by atoms with Crippen molar-refractivity contribution in [3.63, 3.8) is 0 Å². The topological polar surface area (TPSA) is 92.3 Å². The van der Waals surface area contributed by atoms with Crippen LogP contribution in [0.2, 0.25) is 0 Å². The smallest absolute Gasteiger partial charge is 0.416 e. The van der Waals surface area contributed by atoms with Gasteiger partial charge in [-0.25, -0.2) is 4.98 Å². The lowest BCUT2D eigenvalue weighted by Gasteiger charge is -2.18. The number of para-hydroxylation sites is 2. The van der Waals surface area contributed by atoms with Gasteiger partial charge in [0.25, 0.3) is 5.91 Å². The summed E-state index contributed by atoms with van der Waals surface area (Å²) in [4.78, 5) is 30.5. The predicted octanol–water partition coefficient (Wildman–Crippen LogP) is 5.57. The van der Waals surface area contributed by atoms with Crippen molar-refractivity contribution in [2.45, 2.75) is 25.2 Å². The van der Waals surface area contributed by atoms with E-state index in [2.05, 4.69) is 20.9 Å². The Bertz CT molecular complexity index is 1430. The Kier molecular flexibility index (Phi) is 8.82. The zero-order valence-corrected chi connectivity index (χ0v) is 21.6. The van der Waals surface area contributed by atoms with E-state index < -0.39 is 29.6 Å². The molecule has 3 N–H and O–H groups in total. The number of hydrogen-bond acceptors (Lipinski definition) is 6. The number of ether oxygens (including phenoxy) is 1. The van der Waals surface area contributed by atoms with Gasteiger partial charge in [0, 0.05) is 18.3 Å². The molecule has 1 aromatic heterocycles. The van der Waals surface area contributed by atoms with Gasteiger partial charge in [-0.1, -0.05) is 54.6 Å². The lowest BCUT2D eigenvalue weighted by molar-refractivity contribution is -0.137. The molecule has 0 saturated heterocycles. The second-order valence-corrected chi connectivity index (χ2v) is 9.35. The van der Waals surface area contributed by atoms with E-state index in [1.165, 1.54) is 23.5 Å². The molecule has 0 aliphatic carbocycles. The number of nitrogens with zero attached hydrogens (tertiary/aromatic N) is 1. The van der Waals surface area contributed by atoms with E-state index in [0.29, 0.717) is 16.6 Å². The number of thiazole rings is 1. The lowest BCUT2D eigenvalue weighted by atomic mass is 10.0. The molecule has 0 bridgehead atoms. The van der Waals surface area contributed by atoms with Crippen LogP contribution in [0, 0.1) is 0 Å². The molecule has 4 rings (SSSR count). The molecular weight excluding hydrogens is 529 g/mol. The van der Waals surface area contributed by atoms with Gasteiger partial charge < -0.3 is 20.7 Å². The number of anilines is 2. The Balaban J connectivity index is 1.46. The number of methoxy groups -OCH3 is 1. The summed E-state index contributed by atoms with van der Waals surface area (Å²) >= 11 is 1.21. The number of nitrogens with one attached hydrogen (secondary N) is 3. The first-order valence-electron chi connectivity index (χ1n) is 11.9. The van der Waals surface area contributed by atoms with Crippen molar-refractivity contribution in [3.8, 4) is 5.75 Å². The highest BCUT2D eigenvalue weighted by Gasteiger charge is 2.30. The number of aromatic nitrogens is 1. The van der Waals surface area contributed by atoms with Gasteiger partial charge in [-0.05, 0) is 35.4 Å². The number of carbonyl (C=O) groups excluding carboxylic acids is 2. The normalized spacial score (nSPS) is 11.9. The molecule has 1 atom stereocenters. The van der Waals surface area contributed by atoms with Crippen LogP contribution in [-0.2, 0) is 23.9 Å². The van der Waals surface area contributed by atoms with Gasteiger partial charge in [0.1, 0.15) is 17.5 Å². The van der Waals surface area contributed by atoms with Crippen LogP contribution in [0.3, 0.4) is 0 Å². The maximum Gasteiger partial charge on any atom is 0.416 e. The molecule has 7 nitrogen and oxygen atoms in total. The summed E-state index contributed by atoms with van der Waals surface area (Å²) in [6, 6.07) is 20.1. The summed E-state index contributed by atoms with van der Waals surface area (Å²) in [6.07, 6.45) is -4.31. The van der Waals surface area contributed by atoms with Crippen molar-refractivity contribution in [1.29, 1.82) is 0 Å². The minimum atomic E-state index is -4.49. The van der Waals surface area contributed by atoms with Crippen LogP contribution in [0.25, 0.3) is 0 Å². The third-order valence-corrected chi connectivity index (χ3v) is 6.47. The average molecular weight is 555 g/mol. The van der Waals surface area contributed by atoms with Crippen molar-refractivity contribution in [2.75, 3.05) is 12.4 Å². The number of benzene rings is 3. The Labute approximate surface area is 227 Å². The van der Waals surface area contributed by atoms with Crippen LogP contribution in [0.4, 0.5) is 24.0 Å². The first kappa shape index (κ1) is 27.6. The van der Waals surface area contributed by atoms with Gasteiger partial charge in [-0.2, -0.15) is 13.2 Å². The first-order valence-corrected chi connectivity index (χ1v) is 12.7. The van der Waals surface area contributed by atoms with Gasteiger partial charge >= 0.3 is 6.18 Å². The molecular formula is C28H25F3N4O3S. The van der Waals surface area contributed by atoms with Crippen molar-refractivity contribution < 1.29 is 27.5 Å². The largest absolute Gasteiger partial charge is 0.495 e. The third kappa shape index (κ3) is 7.57. The second kappa shape index (κ2) is 12.4. The highest BCUT2D eigenvalue weighted by atomic mass is 32.1. The van der Waals surface area contributed by atoms with Crippen molar-refractivity contribution in [1.82, 2.24) is 15.6 Å². The molecule has 0 saturated carbocycles. The predicted molar refractivity (Wildman–Crippen MR) is 143 cm³/mol. The van der Waals surface area contributed by atoms with Gasteiger partial charge in [0.2, 0.25) is 5.91 Å². The summed E-state index contributed by atoms with van der Waals surface area (Å²) in [6.45, 7) is -0.131. The van der Waals surface area contributed by atoms with Gasteiger partial charge in [-0.3, -0.25) is 9.59 Å². The van der Waals surface area contributed by atoms with Gasteiger partial charge in [0.05, 0.1) is 18.4 Å². The summed E-state index contributed by atoms with van der Waals surface area (Å²) in [7, 11) is 1.55. The van der Waals surface area contributed by atoms with E-state index in [-0.39, 0.29) is 24.2 Å². The number of rotatable bonds is 10. The molecule has 0 radical (unpaired) electrons. The number of hydrogen-bond donors (Lipinski definition) is 3. The summed E-state index contributed by atoms with van der Waals surface area (Å²) in [5.41, 5.74) is 1.08. The fourth-order valence-electron chi connectivity index (χ4n) is 3.76. The van der Waals surface area contributed by atoms with E-state index in [0.717, 1.165) is 17.7 Å². The van der Waals surface area contributed by atoms with Crippen molar-refractivity contribution in [3.05, 3.63) is 107 Å². The molecule has 1 heterocycles. The van der Waals surface area contributed by atoms with Gasteiger partial charge in [-0.15, -0.1) is 11.3 Å². The maximum atomic E-state index is 13.1. The fraction of sp³-hybridized carbons (Fsp3) is 0.179. The molecule has 3 aromatic carbocycles. The average Bonchev–Trinajstić information content (AvgIpc) is 3.40. The Morgan fingerprint density at radius 2 is 1.69 bits per heavy atom. The van der Waals surface area contributed by atoms with E-state index in [1.54, 1.807) is 18.6 Å². The van der Waals surface area contributed by atoms with Crippen LogP contribution in [-0.4, -0.2) is 29.9 Å². The number of halogens is 3. The molecule has 202 valence electrons. The number of carbonyl (C=O) groups is 2. The molecule has 0 unspecified atom stereocenters. The minimum Gasteiger partial charge on any atom is -0.495 e. The molecule has 11 heteroatoms. The molecule has 0 spiro atoms. The van der Waals surface area contributed by atoms with E-state index in [4.69, 9.17) is 4.74 Å². The highest BCUT2D eigenvalue weighted by molar-refractivity contribution is 7.14. The fourth-order valence-corrected chi connectivity index (χ4v) is 4.46. The van der Waals surface area contributed by atoms with E-state index in [1.807, 2.05) is 48.5 Å². The maximum absolute atomic E-state index is 13.1. The molecule has 0 fully saturated rings. The number of amides is 2. The summed E-state index contributed by atoms with van der Waals surface area (Å²) in [5, 5.41) is 10.5. The zero-order valence-electron chi connectivity index (χ0n) is 20.8. The molecule has 4 aromatic rings. The van der Waals surface area contributed by atoms with Crippen LogP contribution in [0.1, 0.15) is 27.2 Å². The van der Waals surface area contributed by atoms with Crippen LogP contribution < -0.4 is 20.7 Å². The van der Waals surface area contributed by atoms with Gasteiger partial charge in [0.15, 0.2) is 5.13 Å². The standard InChI is InChI=1S/C28H25F3N4O3S/c1-38-24-13-6-5-12-21(24)34-27-35-23(17-39-27)26(37)33-22(15-18-8-3-2-4-9-18)25(36)32-16-19-10-7-11-20(14-19)28(29,30)31/h2-14,17,22H,15-16H2,1H3,(H,32,36)(H,33,37)(H,34,35)/t22-/m1/s1. The van der Waals surface area contributed by atoms with Crippen LogP contribution in [0.5, 0.6) is 5.75 Å². The van der Waals surface area contributed by atoms with E-state index >= 15 is 0 Å². The highest BCUT2D eigenvalue weighted by Crippen LogP contribution is 2.30. The lowest BCUT2D eigenvalue weighted by Crippen LogP contribution is -2.48. The Morgan fingerprint density at radius 3 is 2.44 bits per heavy atom.